The van der Waals surface area contributed by atoms with Gasteiger partial charge in [0.2, 0.25) is 5.91 Å². The van der Waals surface area contributed by atoms with Crippen LogP contribution in [0.5, 0.6) is 0 Å². The van der Waals surface area contributed by atoms with Gasteiger partial charge in [0, 0.05) is 40.7 Å². The molecule has 1 aliphatic rings. The molecule has 2 rings (SSSR count). The third-order valence-electron chi connectivity index (χ3n) is 4.38. The Bertz CT molecular complexity index is 542. The maximum atomic E-state index is 12.6. The van der Waals surface area contributed by atoms with Gasteiger partial charge in [0.05, 0.1) is 5.69 Å². The quantitative estimate of drug-likeness (QED) is 0.843. The highest BCUT2D eigenvalue weighted by atomic mass is 16.2. The Kier molecular flexibility index (Phi) is 5.21. The van der Waals surface area contributed by atoms with Crippen LogP contribution in [0, 0.1) is 5.92 Å². The van der Waals surface area contributed by atoms with Gasteiger partial charge in [0.1, 0.15) is 5.69 Å². The summed E-state index contributed by atoms with van der Waals surface area (Å²) in [6, 6.07) is 1.88. The average Bonchev–Trinajstić information content (AvgIpc) is 2.88. The van der Waals surface area contributed by atoms with E-state index in [1.807, 2.05) is 24.9 Å². The number of aromatic nitrogens is 2. The summed E-state index contributed by atoms with van der Waals surface area (Å²) in [6.07, 6.45) is 3.20. The van der Waals surface area contributed by atoms with Crippen molar-refractivity contribution in [2.45, 2.75) is 32.6 Å². The lowest BCUT2D eigenvalue weighted by Gasteiger charge is -2.32. The average molecular weight is 306 g/mol. The Labute approximate surface area is 132 Å². The van der Waals surface area contributed by atoms with E-state index in [1.165, 1.54) is 0 Å². The van der Waals surface area contributed by atoms with Crippen LogP contribution in [0.4, 0.5) is 0 Å². The predicted octanol–water partition coefficient (Wildman–Crippen LogP) is 1.31. The van der Waals surface area contributed by atoms with Gasteiger partial charge < -0.3 is 9.80 Å². The van der Waals surface area contributed by atoms with Crippen LogP contribution in [0.1, 0.15) is 42.4 Å². The molecule has 1 aromatic rings. The van der Waals surface area contributed by atoms with Crippen LogP contribution in [0.2, 0.25) is 0 Å². The Hall–Kier alpha value is -1.85. The van der Waals surface area contributed by atoms with Crippen LogP contribution in [0.15, 0.2) is 6.07 Å². The molecule has 122 valence electrons. The van der Waals surface area contributed by atoms with Gasteiger partial charge in [-0.2, -0.15) is 5.10 Å². The maximum Gasteiger partial charge on any atom is 0.272 e. The zero-order chi connectivity index (χ0) is 16.3. The van der Waals surface area contributed by atoms with Crippen molar-refractivity contribution in [1.82, 2.24) is 19.6 Å². The molecule has 0 aromatic carbocycles. The zero-order valence-corrected chi connectivity index (χ0v) is 14.0. The highest BCUT2D eigenvalue weighted by molar-refractivity contribution is 5.92. The van der Waals surface area contributed by atoms with Gasteiger partial charge in [-0.15, -0.1) is 0 Å². The standard InChI is InChI=1S/C16H26N4O2/c1-5-13-11-14(19(4)17-13)16(22)20-8-6-12(7-9-20)10-15(21)18(2)3/h11-12H,5-10H2,1-4H3. The van der Waals surface area contributed by atoms with Crippen molar-refractivity contribution < 1.29 is 9.59 Å². The molecule has 0 aliphatic carbocycles. The van der Waals surface area contributed by atoms with Crippen LogP contribution < -0.4 is 0 Å². The van der Waals surface area contributed by atoms with Gasteiger partial charge >= 0.3 is 0 Å². The molecule has 2 amide bonds. The van der Waals surface area contributed by atoms with Gasteiger partial charge in [-0.25, -0.2) is 0 Å². The van der Waals surface area contributed by atoms with E-state index in [9.17, 15) is 9.59 Å². The second kappa shape index (κ2) is 6.94. The summed E-state index contributed by atoms with van der Waals surface area (Å²) in [5.74, 6) is 0.604. The summed E-state index contributed by atoms with van der Waals surface area (Å²) >= 11 is 0. The van der Waals surface area contributed by atoms with E-state index < -0.39 is 0 Å². The normalized spacial score (nSPS) is 15.9. The minimum absolute atomic E-state index is 0.0482. The molecule has 0 saturated carbocycles. The van der Waals surface area contributed by atoms with Crippen molar-refractivity contribution in [3.8, 4) is 0 Å². The smallest absolute Gasteiger partial charge is 0.272 e. The highest BCUT2D eigenvalue weighted by Crippen LogP contribution is 2.22. The zero-order valence-electron chi connectivity index (χ0n) is 14.0. The number of aryl methyl sites for hydroxylation is 2. The first-order valence-corrected chi connectivity index (χ1v) is 7.94. The molecular formula is C16H26N4O2. The topological polar surface area (TPSA) is 58.4 Å². The second-order valence-electron chi connectivity index (χ2n) is 6.23. The fourth-order valence-electron chi connectivity index (χ4n) is 2.83. The first-order valence-electron chi connectivity index (χ1n) is 7.94. The fourth-order valence-corrected chi connectivity index (χ4v) is 2.83. The molecule has 0 radical (unpaired) electrons. The van der Waals surface area contributed by atoms with Crippen molar-refractivity contribution in [2.24, 2.45) is 13.0 Å². The molecule has 0 spiro atoms. The van der Waals surface area contributed by atoms with Crippen LogP contribution in [0.25, 0.3) is 0 Å². The minimum Gasteiger partial charge on any atom is -0.349 e. The third kappa shape index (κ3) is 3.67. The Morgan fingerprint density at radius 3 is 2.45 bits per heavy atom. The number of nitrogens with zero attached hydrogens (tertiary/aromatic N) is 4. The first-order chi connectivity index (χ1) is 10.4. The van der Waals surface area contributed by atoms with E-state index in [0.29, 0.717) is 18.0 Å². The van der Waals surface area contributed by atoms with Crippen molar-refractivity contribution in [2.75, 3.05) is 27.2 Å². The molecule has 0 atom stereocenters. The molecule has 2 heterocycles. The summed E-state index contributed by atoms with van der Waals surface area (Å²) in [5.41, 5.74) is 1.59. The number of piperidine rings is 1. The molecule has 22 heavy (non-hydrogen) atoms. The van der Waals surface area contributed by atoms with Gasteiger partial charge in [-0.1, -0.05) is 6.92 Å². The number of rotatable bonds is 4. The number of likely N-dealkylation sites (tertiary alicyclic amines) is 1. The third-order valence-corrected chi connectivity index (χ3v) is 4.38. The summed E-state index contributed by atoms with van der Waals surface area (Å²) in [5, 5.41) is 4.34. The molecular weight excluding hydrogens is 280 g/mol. The summed E-state index contributed by atoms with van der Waals surface area (Å²) in [7, 11) is 5.39. The Morgan fingerprint density at radius 2 is 1.95 bits per heavy atom. The van der Waals surface area contributed by atoms with Gasteiger partial charge in [0.15, 0.2) is 0 Å². The lowest BCUT2D eigenvalue weighted by molar-refractivity contribution is -0.129. The van der Waals surface area contributed by atoms with E-state index in [1.54, 1.807) is 23.7 Å². The fraction of sp³-hybridized carbons (Fsp3) is 0.688. The molecule has 0 bridgehead atoms. The van der Waals surface area contributed by atoms with Crippen LogP contribution in [0.3, 0.4) is 0 Å². The van der Waals surface area contributed by atoms with Gasteiger partial charge in [-0.3, -0.25) is 14.3 Å². The second-order valence-corrected chi connectivity index (χ2v) is 6.23. The van der Waals surface area contributed by atoms with E-state index >= 15 is 0 Å². The number of hydrogen-bond donors (Lipinski definition) is 0. The van der Waals surface area contributed by atoms with Crippen LogP contribution >= 0.6 is 0 Å². The molecule has 1 fully saturated rings. The predicted molar refractivity (Wildman–Crippen MR) is 84.5 cm³/mol. The monoisotopic (exact) mass is 306 g/mol. The molecule has 1 saturated heterocycles. The van der Waals surface area contributed by atoms with Crippen molar-refractivity contribution in [3.05, 3.63) is 17.5 Å². The van der Waals surface area contributed by atoms with E-state index in [-0.39, 0.29) is 11.8 Å². The molecule has 0 unspecified atom stereocenters. The van der Waals surface area contributed by atoms with E-state index in [2.05, 4.69) is 5.10 Å². The first kappa shape index (κ1) is 16.5. The largest absolute Gasteiger partial charge is 0.349 e. The Balaban J connectivity index is 1.92. The summed E-state index contributed by atoms with van der Waals surface area (Å²) < 4.78 is 1.67. The Morgan fingerprint density at radius 1 is 1.32 bits per heavy atom. The van der Waals surface area contributed by atoms with E-state index in [0.717, 1.165) is 38.0 Å². The highest BCUT2D eigenvalue weighted by Gasteiger charge is 2.27. The molecule has 0 N–H and O–H groups in total. The SMILES string of the molecule is CCc1cc(C(=O)N2CCC(CC(=O)N(C)C)CC2)n(C)n1. The maximum absolute atomic E-state index is 12.6. The van der Waals surface area contributed by atoms with Crippen molar-refractivity contribution >= 4 is 11.8 Å². The minimum atomic E-state index is 0.0482. The number of amides is 2. The number of carbonyl (C=O) groups excluding carboxylic acids is 2. The molecule has 1 aliphatic heterocycles. The number of carbonyl (C=O) groups is 2. The van der Waals surface area contributed by atoms with Crippen molar-refractivity contribution in [3.63, 3.8) is 0 Å². The van der Waals surface area contributed by atoms with Crippen LogP contribution in [-0.4, -0.2) is 58.6 Å². The van der Waals surface area contributed by atoms with Gasteiger partial charge in [-0.05, 0) is 31.2 Å². The summed E-state index contributed by atoms with van der Waals surface area (Å²) in [4.78, 5) is 27.9. The summed E-state index contributed by atoms with van der Waals surface area (Å²) in [6.45, 7) is 3.47. The molecule has 6 nitrogen and oxygen atoms in total. The van der Waals surface area contributed by atoms with Crippen molar-refractivity contribution in [1.29, 1.82) is 0 Å². The lowest BCUT2D eigenvalue weighted by Crippen LogP contribution is -2.40. The van der Waals surface area contributed by atoms with E-state index in [4.69, 9.17) is 0 Å². The molecule has 1 aromatic heterocycles. The number of hydrogen-bond acceptors (Lipinski definition) is 3. The lowest BCUT2D eigenvalue weighted by atomic mass is 9.93. The van der Waals surface area contributed by atoms with Gasteiger partial charge in [0.25, 0.3) is 5.91 Å². The van der Waals surface area contributed by atoms with Crippen LogP contribution in [-0.2, 0) is 18.3 Å². The molecule has 6 heteroatoms.